The van der Waals surface area contributed by atoms with Crippen molar-refractivity contribution in [2.24, 2.45) is 5.41 Å². The van der Waals surface area contributed by atoms with Crippen LogP contribution in [0.5, 0.6) is 0 Å². The minimum Gasteiger partial charge on any atom is -0.481 e. The van der Waals surface area contributed by atoms with Gasteiger partial charge in [0.1, 0.15) is 5.41 Å². The van der Waals surface area contributed by atoms with Gasteiger partial charge in [0.2, 0.25) is 0 Å². The van der Waals surface area contributed by atoms with E-state index < -0.39 is 11.4 Å². The van der Waals surface area contributed by atoms with Crippen LogP contribution < -0.4 is 0 Å². The van der Waals surface area contributed by atoms with Gasteiger partial charge in [0.25, 0.3) is 0 Å². The van der Waals surface area contributed by atoms with Crippen molar-refractivity contribution < 1.29 is 15.0 Å². The number of hydrogen-bond acceptors (Lipinski definition) is 3. The molecule has 0 spiro atoms. The Balaban J connectivity index is 1.98. The molecule has 0 aliphatic heterocycles. The van der Waals surface area contributed by atoms with Crippen LogP contribution in [0.2, 0.25) is 0 Å². The molecule has 2 aromatic carbocycles. The predicted molar refractivity (Wildman–Crippen MR) is 102 cm³/mol. The minimum atomic E-state index is -1.09. The number of rotatable bonds is 7. The largest absolute Gasteiger partial charge is 0.481 e. The Morgan fingerprint density at radius 1 is 1.15 bits per heavy atom. The summed E-state index contributed by atoms with van der Waals surface area (Å²) in [6.07, 6.45) is 2.14. The van der Waals surface area contributed by atoms with E-state index in [-0.39, 0.29) is 18.7 Å². The second-order valence-electron chi connectivity index (χ2n) is 7.27. The van der Waals surface area contributed by atoms with E-state index in [0.717, 1.165) is 24.0 Å². The highest BCUT2D eigenvalue weighted by Crippen LogP contribution is 2.44. The molecule has 0 unspecified atom stereocenters. The molecule has 0 heterocycles. The Morgan fingerprint density at radius 3 is 2.35 bits per heavy atom. The number of carbonyl (C=O) groups is 1. The van der Waals surface area contributed by atoms with Gasteiger partial charge in [0, 0.05) is 18.6 Å². The molecular formula is C22H27NO3. The predicted octanol–water partition coefficient (Wildman–Crippen LogP) is 3.87. The van der Waals surface area contributed by atoms with Crippen LogP contribution in [-0.2, 0) is 11.3 Å². The van der Waals surface area contributed by atoms with Crippen molar-refractivity contribution in [1.82, 2.24) is 4.90 Å². The number of carboxylic acid groups (broad SMARTS) is 1. The Kier molecular flexibility index (Phi) is 5.74. The quantitative estimate of drug-likeness (QED) is 0.793. The topological polar surface area (TPSA) is 60.8 Å². The molecule has 0 saturated heterocycles. The first-order valence-corrected chi connectivity index (χ1v) is 9.27. The Morgan fingerprint density at radius 2 is 1.77 bits per heavy atom. The molecule has 138 valence electrons. The monoisotopic (exact) mass is 353 g/mol. The molecule has 1 fully saturated rings. The van der Waals surface area contributed by atoms with Crippen molar-refractivity contribution >= 4 is 5.97 Å². The number of carboxylic acids is 1. The molecule has 0 radical (unpaired) electrons. The molecule has 1 saturated carbocycles. The van der Waals surface area contributed by atoms with Gasteiger partial charge < -0.3 is 10.2 Å². The first-order valence-electron chi connectivity index (χ1n) is 9.27. The fourth-order valence-corrected chi connectivity index (χ4v) is 4.27. The van der Waals surface area contributed by atoms with Crippen molar-refractivity contribution in [3.63, 3.8) is 0 Å². The van der Waals surface area contributed by atoms with Crippen LogP contribution in [-0.4, -0.2) is 33.7 Å². The maximum atomic E-state index is 12.1. The lowest BCUT2D eigenvalue weighted by Crippen LogP contribution is -2.51. The van der Waals surface area contributed by atoms with Gasteiger partial charge in [0.15, 0.2) is 0 Å². The molecule has 26 heavy (non-hydrogen) atoms. The van der Waals surface area contributed by atoms with Crippen molar-refractivity contribution in [1.29, 1.82) is 0 Å². The van der Waals surface area contributed by atoms with Gasteiger partial charge in [-0.25, -0.2) is 0 Å². The zero-order chi connectivity index (χ0) is 18.6. The number of aliphatic carboxylic acids is 1. The number of hydrogen-bond donors (Lipinski definition) is 2. The Hall–Kier alpha value is -2.17. The molecule has 3 rings (SSSR count). The zero-order valence-electron chi connectivity index (χ0n) is 15.2. The standard InChI is InChI=1S/C22H27NO3/c1-17(19-11-6-3-7-12-19)23(15-18-9-4-2-5-10-18)20-13-8-14-22(20,16-24)21(25)26/h2-7,9-12,17,20,24H,8,13-16H2,1H3,(H,25,26)/t17-,20-,22-/m1/s1. The van der Waals surface area contributed by atoms with Crippen molar-refractivity contribution in [2.45, 2.75) is 44.8 Å². The molecule has 1 aliphatic rings. The zero-order valence-corrected chi connectivity index (χ0v) is 15.2. The molecule has 4 nitrogen and oxygen atoms in total. The lowest BCUT2D eigenvalue weighted by molar-refractivity contribution is -0.156. The highest BCUT2D eigenvalue weighted by atomic mass is 16.4. The van der Waals surface area contributed by atoms with Gasteiger partial charge >= 0.3 is 5.97 Å². The number of benzene rings is 2. The third kappa shape index (κ3) is 3.53. The fourth-order valence-electron chi connectivity index (χ4n) is 4.27. The number of aliphatic hydroxyl groups excluding tert-OH is 1. The van der Waals surface area contributed by atoms with E-state index in [1.807, 2.05) is 36.4 Å². The van der Waals surface area contributed by atoms with Crippen molar-refractivity contribution in [3.8, 4) is 0 Å². The number of nitrogens with zero attached hydrogens (tertiary/aromatic N) is 1. The molecule has 0 bridgehead atoms. The summed E-state index contributed by atoms with van der Waals surface area (Å²) >= 11 is 0. The van der Waals surface area contributed by atoms with Gasteiger partial charge in [-0.2, -0.15) is 0 Å². The van der Waals surface area contributed by atoms with E-state index >= 15 is 0 Å². The average molecular weight is 353 g/mol. The van der Waals surface area contributed by atoms with Crippen molar-refractivity contribution in [2.75, 3.05) is 6.61 Å². The van der Waals surface area contributed by atoms with Crippen LogP contribution in [0.4, 0.5) is 0 Å². The average Bonchev–Trinajstić information content (AvgIpc) is 3.12. The van der Waals surface area contributed by atoms with E-state index in [1.165, 1.54) is 0 Å². The van der Waals surface area contributed by atoms with Crippen LogP contribution in [0.15, 0.2) is 60.7 Å². The molecule has 4 heteroatoms. The molecule has 1 aliphatic carbocycles. The summed E-state index contributed by atoms with van der Waals surface area (Å²) < 4.78 is 0. The van der Waals surface area contributed by atoms with Crippen LogP contribution in [0.3, 0.4) is 0 Å². The maximum Gasteiger partial charge on any atom is 0.313 e. The third-order valence-electron chi connectivity index (χ3n) is 5.83. The second kappa shape index (κ2) is 8.02. The lowest BCUT2D eigenvalue weighted by atomic mass is 9.81. The lowest BCUT2D eigenvalue weighted by Gasteiger charge is -2.42. The summed E-state index contributed by atoms with van der Waals surface area (Å²) in [5, 5.41) is 19.9. The van der Waals surface area contributed by atoms with E-state index in [4.69, 9.17) is 0 Å². The molecule has 2 N–H and O–H groups in total. The molecule has 0 amide bonds. The molecular weight excluding hydrogens is 326 g/mol. The molecule has 2 aromatic rings. The summed E-state index contributed by atoms with van der Waals surface area (Å²) in [4.78, 5) is 14.4. The van der Waals surface area contributed by atoms with E-state index in [0.29, 0.717) is 13.0 Å². The Bertz CT molecular complexity index is 719. The van der Waals surface area contributed by atoms with Crippen LogP contribution in [0.1, 0.15) is 43.4 Å². The summed E-state index contributed by atoms with van der Waals surface area (Å²) in [7, 11) is 0. The highest BCUT2D eigenvalue weighted by molar-refractivity contribution is 5.76. The van der Waals surface area contributed by atoms with Gasteiger partial charge in [-0.15, -0.1) is 0 Å². The van der Waals surface area contributed by atoms with E-state index in [9.17, 15) is 15.0 Å². The van der Waals surface area contributed by atoms with Crippen molar-refractivity contribution in [3.05, 3.63) is 71.8 Å². The summed E-state index contributed by atoms with van der Waals surface area (Å²) in [6, 6.07) is 20.2. The normalized spacial score (nSPS) is 23.9. The maximum absolute atomic E-state index is 12.1. The summed E-state index contributed by atoms with van der Waals surface area (Å²) in [5.74, 6) is -0.888. The van der Waals surface area contributed by atoms with Crippen LogP contribution in [0.25, 0.3) is 0 Å². The molecule has 0 aromatic heterocycles. The van der Waals surface area contributed by atoms with Crippen LogP contribution >= 0.6 is 0 Å². The minimum absolute atomic E-state index is 0.0600. The first kappa shape index (κ1) is 18.6. The summed E-state index contributed by atoms with van der Waals surface area (Å²) in [6.45, 7) is 2.47. The second-order valence-corrected chi connectivity index (χ2v) is 7.27. The number of aliphatic hydroxyl groups is 1. The molecule has 3 atom stereocenters. The fraction of sp³-hybridized carbons (Fsp3) is 0.409. The van der Waals surface area contributed by atoms with Gasteiger partial charge in [-0.3, -0.25) is 9.69 Å². The van der Waals surface area contributed by atoms with Crippen LogP contribution in [0, 0.1) is 5.41 Å². The van der Waals surface area contributed by atoms with Gasteiger partial charge in [0.05, 0.1) is 6.61 Å². The highest BCUT2D eigenvalue weighted by Gasteiger charge is 2.52. The van der Waals surface area contributed by atoms with Gasteiger partial charge in [-0.05, 0) is 30.9 Å². The smallest absolute Gasteiger partial charge is 0.313 e. The SMILES string of the molecule is C[C@H](c1ccccc1)N(Cc1ccccc1)[C@@H]1CCC[C@]1(CO)C(=O)O. The van der Waals surface area contributed by atoms with E-state index in [2.05, 4.69) is 36.1 Å². The third-order valence-corrected chi connectivity index (χ3v) is 5.83. The van der Waals surface area contributed by atoms with Gasteiger partial charge in [-0.1, -0.05) is 67.1 Å². The Labute approximate surface area is 155 Å². The first-order chi connectivity index (χ1) is 12.6. The van der Waals surface area contributed by atoms with E-state index in [1.54, 1.807) is 0 Å². The summed E-state index contributed by atoms with van der Waals surface area (Å²) in [5.41, 5.74) is 1.23.